The number of nitrogens with one attached hydrogen (secondary N) is 1. The number of aldehydes is 1. The van der Waals surface area contributed by atoms with E-state index in [4.69, 9.17) is 0 Å². The summed E-state index contributed by atoms with van der Waals surface area (Å²) in [5, 5.41) is 4.36. The van der Waals surface area contributed by atoms with E-state index in [-0.39, 0.29) is 0 Å². The zero-order chi connectivity index (χ0) is 10.4. The predicted octanol–water partition coefficient (Wildman–Crippen LogP) is 1.92. The Morgan fingerprint density at radius 3 is 2.86 bits per heavy atom. The van der Waals surface area contributed by atoms with E-state index in [9.17, 15) is 4.79 Å². The van der Waals surface area contributed by atoms with E-state index >= 15 is 0 Å². The number of rotatable bonds is 6. The van der Waals surface area contributed by atoms with Crippen molar-refractivity contribution in [1.82, 2.24) is 4.90 Å². The van der Waals surface area contributed by atoms with Gasteiger partial charge in [-0.25, -0.2) is 0 Å². The van der Waals surface area contributed by atoms with Crippen LogP contribution in [0.2, 0.25) is 0 Å². The smallest absolute Gasteiger partial charge is 0.160 e. The van der Waals surface area contributed by atoms with Crippen LogP contribution in [0.1, 0.15) is 16.1 Å². The fourth-order valence-electron chi connectivity index (χ4n) is 1.12. The molecule has 0 radical (unpaired) electrons. The number of carbonyl (C=O) groups is 1. The molecule has 0 aliphatic heterocycles. The zero-order valence-corrected chi connectivity index (χ0v) is 9.43. The van der Waals surface area contributed by atoms with E-state index in [1.54, 1.807) is 0 Å². The normalized spacial score (nSPS) is 10.5. The van der Waals surface area contributed by atoms with Crippen molar-refractivity contribution in [3.63, 3.8) is 0 Å². The summed E-state index contributed by atoms with van der Waals surface area (Å²) in [6.07, 6.45) is 2.00. The third kappa shape index (κ3) is 3.89. The average molecular weight is 212 g/mol. The maximum absolute atomic E-state index is 10.4. The Morgan fingerprint density at radius 2 is 2.29 bits per heavy atom. The summed E-state index contributed by atoms with van der Waals surface area (Å²) in [5.74, 6) is 0. The van der Waals surface area contributed by atoms with Crippen molar-refractivity contribution in [2.24, 2.45) is 0 Å². The lowest BCUT2D eigenvalue weighted by atomic mass is 10.4. The van der Waals surface area contributed by atoms with Crippen molar-refractivity contribution in [2.45, 2.75) is 6.42 Å². The van der Waals surface area contributed by atoms with Crippen LogP contribution in [0.5, 0.6) is 0 Å². The number of carbonyl (C=O) groups excluding carboxylic acids is 1. The molecule has 1 N–H and O–H groups in total. The third-order valence-corrected chi connectivity index (χ3v) is 2.79. The van der Waals surface area contributed by atoms with Crippen LogP contribution in [-0.4, -0.2) is 38.4 Å². The lowest BCUT2D eigenvalue weighted by Crippen LogP contribution is -2.16. The van der Waals surface area contributed by atoms with E-state index in [2.05, 4.69) is 24.3 Å². The van der Waals surface area contributed by atoms with Gasteiger partial charge in [-0.05, 0) is 39.2 Å². The molecule has 0 bridgehead atoms. The van der Waals surface area contributed by atoms with Crippen LogP contribution in [0, 0.1) is 0 Å². The van der Waals surface area contributed by atoms with Crippen molar-refractivity contribution in [2.75, 3.05) is 32.5 Å². The molecule has 78 valence electrons. The molecule has 0 aliphatic carbocycles. The van der Waals surface area contributed by atoms with E-state index in [0.717, 1.165) is 35.7 Å². The van der Waals surface area contributed by atoms with Crippen LogP contribution in [-0.2, 0) is 0 Å². The van der Waals surface area contributed by atoms with Crippen LogP contribution in [0.3, 0.4) is 0 Å². The highest BCUT2D eigenvalue weighted by Crippen LogP contribution is 2.19. The zero-order valence-electron chi connectivity index (χ0n) is 8.62. The number of hydrogen-bond acceptors (Lipinski definition) is 4. The molecule has 1 heterocycles. The topological polar surface area (TPSA) is 32.3 Å². The van der Waals surface area contributed by atoms with Crippen molar-refractivity contribution in [3.8, 4) is 0 Å². The lowest BCUT2D eigenvalue weighted by molar-refractivity contribution is 0.112. The molecule has 0 atom stereocenters. The minimum absolute atomic E-state index is 0.778. The van der Waals surface area contributed by atoms with Gasteiger partial charge in [0.15, 0.2) is 6.29 Å². The summed E-state index contributed by atoms with van der Waals surface area (Å²) < 4.78 is 0. The predicted molar refractivity (Wildman–Crippen MR) is 61.4 cm³/mol. The molecule has 4 heteroatoms. The number of hydrogen-bond donors (Lipinski definition) is 1. The number of nitrogens with zero attached hydrogens (tertiary/aromatic N) is 1. The monoisotopic (exact) mass is 212 g/mol. The molecule has 0 saturated heterocycles. The van der Waals surface area contributed by atoms with Crippen molar-refractivity contribution < 1.29 is 4.79 Å². The van der Waals surface area contributed by atoms with Gasteiger partial charge in [-0.2, -0.15) is 0 Å². The van der Waals surface area contributed by atoms with Gasteiger partial charge < -0.3 is 10.2 Å². The molecule has 3 nitrogen and oxygen atoms in total. The summed E-state index contributed by atoms with van der Waals surface area (Å²) in [6.45, 7) is 2.04. The molecule has 0 unspecified atom stereocenters. The van der Waals surface area contributed by atoms with Crippen LogP contribution >= 0.6 is 11.3 Å². The van der Waals surface area contributed by atoms with Gasteiger partial charge >= 0.3 is 0 Å². The van der Waals surface area contributed by atoms with Gasteiger partial charge in [0.2, 0.25) is 0 Å². The summed E-state index contributed by atoms with van der Waals surface area (Å²) >= 11 is 1.50. The van der Waals surface area contributed by atoms with Crippen LogP contribution in [0.15, 0.2) is 12.1 Å². The first-order chi connectivity index (χ1) is 6.72. The summed E-state index contributed by atoms with van der Waals surface area (Å²) in [7, 11) is 4.13. The van der Waals surface area contributed by atoms with E-state index < -0.39 is 0 Å². The molecular formula is C10H16N2OS. The van der Waals surface area contributed by atoms with Gasteiger partial charge in [-0.1, -0.05) is 0 Å². The Bertz CT molecular complexity index is 283. The largest absolute Gasteiger partial charge is 0.377 e. The molecular weight excluding hydrogens is 196 g/mol. The first kappa shape index (κ1) is 11.2. The summed E-state index contributed by atoms with van der Waals surface area (Å²) in [5.41, 5.74) is 0. The number of anilines is 1. The summed E-state index contributed by atoms with van der Waals surface area (Å²) in [6, 6.07) is 3.79. The molecule has 0 fully saturated rings. The Kier molecular flexibility index (Phi) is 4.62. The molecule has 0 aliphatic rings. The molecule has 1 aromatic rings. The molecule has 0 spiro atoms. The Morgan fingerprint density at radius 1 is 1.50 bits per heavy atom. The van der Waals surface area contributed by atoms with E-state index in [1.807, 2.05) is 12.1 Å². The second-order valence-corrected chi connectivity index (χ2v) is 4.52. The molecule has 14 heavy (non-hydrogen) atoms. The highest BCUT2D eigenvalue weighted by atomic mass is 32.1. The Hall–Kier alpha value is -0.870. The van der Waals surface area contributed by atoms with E-state index in [1.165, 1.54) is 11.3 Å². The van der Waals surface area contributed by atoms with Gasteiger partial charge in [-0.3, -0.25) is 4.79 Å². The van der Waals surface area contributed by atoms with Crippen LogP contribution in [0.4, 0.5) is 5.00 Å². The molecule has 0 amide bonds. The molecule has 0 saturated carbocycles. The average Bonchev–Trinajstić information content (AvgIpc) is 2.60. The van der Waals surface area contributed by atoms with Crippen molar-refractivity contribution in [3.05, 3.63) is 17.0 Å². The maximum Gasteiger partial charge on any atom is 0.160 e. The molecule has 1 aromatic heterocycles. The van der Waals surface area contributed by atoms with Crippen LogP contribution < -0.4 is 5.32 Å². The third-order valence-electron chi connectivity index (χ3n) is 1.82. The maximum atomic E-state index is 10.4. The summed E-state index contributed by atoms with van der Waals surface area (Å²) in [4.78, 5) is 13.4. The minimum Gasteiger partial charge on any atom is -0.377 e. The van der Waals surface area contributed by atoms with Gasteiger partial charge in [0.25, 0.3) is 0 Å². The first-order valence-electron chi connectivity index (χ1n) is 4.66. The lowest BCUT2D eigenvalue weighted by Gasteiger charge is -2.09. The second-order valence-electron chi connectivity index (χ2n) is 3.40. The Balaban J connectivity index is 2.21. The standard InChI is InChI=1S/C10H16N2OS/c1-12(2)7-3-6-11-10-5-4-9(8-13)14-10/h4-5,8,11H,3,6-7H2,1-2H3. The van der Waals surface area contributed by atoms with Gasteiger partial charge in [-0.15, -0.1) is 11.3 Å². The molecule has 0 aromatic carbocycles. The van der Waals surface area contributed by atoms with Gasteiger partial charge in [0, 0.05) is 6.54 Å². The quantitative estimate of drug-likeness (QED) is 0.577. The van der Waals surface area contributed by atoms with Gasteiger partial charge in [0.05, 0.1) is 9.88 Å². The highest BCUT2D eigenvalue weighted by molar-refractivity contribution is 7.17. The SMILES string of the molecule is CN(C)CCCNc1ccc(C=O)s1. The van der Waals surface area contributed by atoms with Gasteiger partial charge in [0.1, 0.15) is 0 Å². The fraction of sp³-hybridized carbons (Fsp3) is 0.500. The van der Waals surface area contributed by atoms with Crippen molar-refractivity contribution >= 4 is 22.6 Å². The first-order valence-corrected chi connectivity index (χ1v) is 5.47. The highest BCUT2D eigenvalue weighted by Gasteiger charge is 1.97. The number of thiophene rings is 1. The van der Waals surface area contributed by atoms with Crippen LogP contribution in [0.25, 0.3) is 0 Å². The molecule has 1 rings (SSSR count). The Labute approximate surface area is 88.7 Å². The second kappa shape index (κ2) is 5.78. The minimum atomic E-state index is 0.778. The van der Waals surface area contributed by atoms with E-state index in [0.29, 0.717) is 0 Å². The van der Waals surface area contributed by atoms with Crippen molar-refractivity contribution in [1.29, 1.82) is 0 Å². The fourth-order valence-corrected chi connectivity index (χ4v) is 1.87.